The third-order valence-corrected chi connectivity index (χ3v) is 8.17. The van der Waals surface area contributed by atoms with E-state index in [9.17, 15) is 28.8 Å². The molecule has 1 atom stereocenters. The van der Waals surface area contributed by atoms with E-state index >= 15 is 0 Å². The fraction of sp³-hybridized carbons (Fsp3) is 0.316. The minimum atomic E-state index is -0.913. The molecule has 0 radical (unpaired) electrons. The molecule has 1 heterocycles. The number of fused-ring (bicyclic) bond motifs is 2. The van der Waals surface area contributed by atoms with E-state index in [1.54, 1.807) is 35.2 Å². The van der Waals surface area contributed by atoms with E-state index < -0.39 is 55.2 Å². The van der Waals surface area contributed by atoms with Crippen molar-refractivity contribution < 1.29 is 33.9 Å². The first-order valence-electron chi connectivity index (χ1n) is 17.3. The van der Waals surface area contributed by atoms with Gasteiger partial charge in [0.15, 0.2) is 0 Å². The average Bonchev–Trinajstić information content (AvgIpc) is 3.16. The number of carbonyl (C=O) groups is 6. The van der Waals surface area contributed by atoms with E-state index in [0.29, 0.717) is 33.9 Å². The molecule has 0 saturated heterocycles. The number of anilines is 2. The zero-order valence-corrected chi connectivity index (χ0v) is 30.3. The topological polar surface area (TPSA) is 237 Å². The minimum Gasteiger partial charge on any atom is -0.392 e. The van der Waals surface area contributed by atoms with Crippen LogP contribution in [0.1, 0.15) is 55.9 Å². The van der Waals surface area contributed by atoms with Crippen LogP contribution in [0.15, 0.2) is 82.9 Å². The van der Waals surface area contributed by atoms with E-state index in [4.69, 9.17) is 15.9 Å². The molecule has 54 heavy (non-hydrogen) atoms. The summed E-state index contributed by atoms with van der Waals surface area (Å²) in [6.07, 6.45) is -0.349. The summed E-state index contributed by atoms with van der Waals surface area (Å²) < 4.78 is 0. The third kappa shape index (κ3) is 11.3. The maximum Gasteiger partial charge on any atom is 0.246 e. The second-order valence-corrected chi connectivity index (χ2v) is 12.7. The summed E-state index contributed by atoms with van der Waals surface area (Å²) in [5, 5.41) is 25.5. The number of hydrazone groups is 1. The lowest BCUT2D eigenvalue weighted by Crippen LogP contribution is -2.47. The summed E-state index contributed by atoms with van der Waals surface area (Å²) in [5.74, 6) is 2.59. The molecule has 0 unspecified atom stereocenters. The predicted octanol–water partition coefficient (Wildman–Crippen LogP) is 0.858. The number of aliphatic imine (C=N–C) groups is 1. The Morgan fingerprint density at radius 1 is 0.741 bits per heavy atom. The summed E-state index contributed by atoms with van der Waals surface area (Å²) in [7, 11) is 0. The number of hydrogen-bond donors (Lipinski definition) is 7. The van der Waals surface area contributed by atoms with Crippen LogP contribution in [0.5, 0.6) is 0 Å². The Morgan fingerprint density at radius 2 is 1.33 bits per heavy atom. The van der Waals surface area contributed by atoms with Gasteiger partial charge in [-0.2, -0.15) is 5.10 Å². The molecule has 8 N–H and O–H groups in total. The molecule has 16 heteroatoms. The van der Waals surface area contributed by atoms with Gasteiger partial charge in [-0.05, 0) is 50.1 Å². The van der Waals surface area contributed by atoms with Crippen LogP contribution in [0, 0.1) is 0 Å². The number of hydrogen-bond acceptors (Lipinski definition) is 10. The van der Waals surface area contributed by atoms with Crippen LogP contribution in [0.3, 0.4) is 0 Å². The van der Waals surface area contributed by atoms with Gasteiger partial charge in [-0.15, -0.1) is 0 Å². The molecule has 16 nitrogen and oxygen atoms in total. The second kappa shape index (κ2) is 19.4. The molecule has 4 rings (SSSR count). The maximum atomic E-state index is 13.7. The molecule has 0 bridgehead atoms. The van der Waals surface area contributed by atoms with Crippen molar-refractivity contribution in [3.8, 4) is 0 Å². The van der Waals surface area contributed by atoms with Crippen molar-refractivity contribution in [1.82, 2.24) is 21.3 Å². The fourth-order valence-electron chi connectivity index (χ4n) is 5.46. The quantitative estimate of drug-likeness (QED) is 0.0923. The number of aliphatic hydroxyl groups excluding tert-OH is 1. The van der Waals surface area contributed by atoms with E-state index in [-0.39, 0.29) is 37.9 Å². The number of nitrogens with two attached hydrogens (primary N) is 1. The summed E-state index contributed by atoms with van der Waals surface area (Å²) in [5.41, 5.74) is 5.02. The predicted molar refractivity (Wildman–Crippen MR) is 203 cm³/mol. The molecular weight excluding hydrogens is 694 g/mol. The highest BCUT2D eigenvalue weighted by molar-refractivity contribution is 6.55. The van der Waals surface area contributed by atoms with E-state index in [0.717, 1.165) is 11.1 Å². The van der Waals surface area contributed by atoms with E-state index in [1.807, 2.05) is 56.3 Å². The number of amides is 6. The first-order chi connectivity index (χ1) is 25.9. The van der Waals surface area contributed by atoms with Crippen molar-refractivity contribution in [3.63, 3.8) is 0 Å². The van der Waals surface area contributed by atoms with Crippen LogP contribution < -0.4 is 37.3 Å². The smallest absolute Gasteiger partial charge is 0.246 e. The van der Waals surface area contributed by atoms with Gasteiger partial charge >= 0.3 is 0 Å². The van der Waals surface area contributed by atoms with Crippen LogP contribution >= 0.6 is 0 Å². The van der Waals surface area contributed by atoms with Crippen molar-refractivity contribution >= 4 is 58.2 Å². The number of benzene rings is 3. The van der Waals surface area contributed by atoms with Crippen LogP contribution in [-0.4, -0.2) is 83.7 Å². The van der Waals surface area contributed by atoms with Gasteiger partial charge in [-0.3, -0.25) is 33.8 Å². The molecule has 0 spiro atoms. The second-order valence-electron chi connectivity index (χ2n) is 12.7. The Morgan fingerprint density at radius 3 is 1.96 bits per heavy atom. The normalized spacial score (nSPS) is 14.2. The Hall–Kier alpha value is -6.42. The Bertz CT molecular complexity index is 1930. The minimum absolute atomic E-state index is 0.0953. The SMILES string of the molecule is CC(C)N=C1C(=NN)c2ccccc2CN(C(=O)CCC(=O)NCC(=O)NCC(=O)NCC(=O)N[C@@H](C)C(=O)Nc2ccc(CO)cc2)c2ccccc21. The first kappa shape index (κ1) is 40.4. The van der Waals surface area contributed by atoms with Crippen LogP contribution in [0.4, 0.5) is 11.4 Å². The van der Waals surface area contributed by atoms with Gasteiger partial charge in [-0.1, -0.05) is 54.6 Å². The van der Waals surface area contributed by atoms with Crippen LogP contribution in [0.2, 0.25) is 0 Å². The lowest BCUT2D eigenvalue weighted by molar-refractivity contribution is -0.129. The van der Waals surface area contributed by atoms with Gasteiger partial charge in [0, 0.05) is 35.7 Å². The van der Waals surface area contributed by atoms with Gasteiger partial charge < -0.3 is 42.4 Å². The van der Waals surface area contributed by atoms with Crippen molar-refractivity contribution in [2.45, 2.75) is 58.8 Å². The standard InChI is InChI=1S/C38H45N9O7/c1-23(2)43-36-29-10-6-7-11-30(29)47(21-26-8-4-5-9-28(26)37(36)46-39)35(53)17-16-31(49)40-18-32(50)41-19-33(51)42-20-34(52)44-24(3)38(54)45-27-14-12-25(22-48)13-15-27/h4-15,23-24,48H,16-22,39H2,1-3H3,(H,40,49)(H,41,50)(H,42,51)(H,44,52)(H,45,54)/t24-/m0/s1. The van der Waals surface area contributed by atoms with Crippen molar-refractivity contribution in [1.29, 1.82) is 0 Å². The van der Waals surface area contributed by atoms with E-state index in [1.165, 1.54) is 6.92 Å². The Balaban J connectivity index is 1.22. The molecule has 284 valence electrons. The Labute approximate surface area is 312 Å². The largest absolute Gasteiger partial charge is 0.392 e. The molecule has 3 aromatic carbocycles. The van der Waals surface area contributed by atoms with Gasteiger partial charge in [0.1, 0.15) is 11.8 Å². The van der Waals surface area contributed by atoms with Crippen LogP contribution in [-0.2, 0) is 41.9 Å². The summed E-state index contributed by atoms with van der Waals surface area (Å²) in [4.78, 5) is 81.9. The zero-order valence-electron chi connectivity index (χ0n) is 30.3. The molecule has 0 saturated carbocycles. The van der Waals surface area contributed by atoms with Crippen molar-refractivity contribution in [3.05, 3.63) is 95.1 Å². The van der Waals surface area contributed by atoms with Gasteiger partial charge in [0.05, 0.1) is 44.2 Å². The van der Waals surface area contributed by atoms with Crippen molar-refractivity contribution in [2.24, 2.45) is 15.9 Å². The number of aliphatic hydroxyl groups is 1. The number of carbonyl (C=O) groups excluding carboxylic acids is 6. The molecule has 1 aliphatic rings. The summed E-state index contributed by atoms with van der Waals surface area (Å²) in [6.45, 7) is 4.06. The fourth-order valence-corrected chi connectivity index (χ4v) is 5.46. The monoisotopic (exact) mass is 739 g/mol. The van der Waals surface area contributed by atoms with Gasteiger partial charge in [-0.25, -0.2) is 0 Å². The zero-order chi connectivity index (χ0) is 39.2. The number of nitrogens with one attached hydrogen (secondary N) is 5. The first-order valence-corrected chi connectivity index (χ1v) is 17.3. The summed E-state index contributed by atoms with van der Waals surface area (Å²) >= 11 is 0. The average molecular weight is 740 g/mol. The lowest BCUT2D eigenvalue weighted by Gasteiger charge is -2.30. The molecule has 6 amide bonds. The molecular formula is C38H45N9O7. The number of para-hydroxylation sites is 1. The summed E-state index contributed by atoms with van der Waals surface area (Å²) in [6, 6.07) is 20.3. The molecule has 3 aromatic rings. The Kier molecular flexibility index (Phi) is 14.5. The third-order valence-electron chi connectivity index (χ3n) is 8.17. The highest BCUT2D eigenvalue weighted by Gasteiger charge is 2.29. The van der Waals surface area contributed by atoms with Gasteiger partial charge in [0.2, 0.25) is 35.4 Å². The maximum absolute atomic E-state index is 13.7. The van der Waals surface area contributed by atoms with Crippen LogP contribution in [0.25, 0.3) is 0 Å². The highest BCUT2D eigenvalue weighted by Crippen LogP contribution is 2.30. The lowest BCUT2D eigenvalue weighted by atomic mass is 9.91. The molecule has 1 aliphatic heterocycles. The van der Waals surface area contributed by atoms with Gasteiger partial charge in [0.25, 0.3) is 0 Å². The highest BCUT2D eigenvalue weighted by atomic mass is 16.3. The molecule has 0 aliphatic carbocycles. The number of rotatable bonds is 14. The number of nitrogens with zero attached hydrogens (tertiary/aromatic N) is 3. The molecule has 0 fully saturated rings. The van der Waals surface area contributed by atoms with Crippen molar-refractivity contribution in [2.75, 3.05) is 29.9 Å². The van der Waals surface area contributed by atoms with E-state index in [2.05, 4.69) is 31.7 Å². The molecule has 0 aromatic heterocycles.